The Hall–Kier alpha value is -2.08. The van der Waals surface area contributed by atoms with Crippen molar-refractivity contribution in [3.63, 3.8) is 0 Å². The van der Waals surface area contributed by atoms with E-state index < -0.39 is 17.7 Å². The van der Waals surface area contributed by atoms with Gasteiger partial charge >= 0.3 is 12.1 Å². The van der Waals surface area contributed by atoms with Gasteiger partial charge in [0, 0.05) is 31.5 Å². The number of hydrogen-bond acceptors (Lipinski definition) is 4. The van der Waals surface area contributed by atoms with Crippen molar-refractivity contribution in [3.05, 3.63) is 29.8 Å². The van der Waals surface area contributed by atoms with Gasteiger partial charge in [-0.15, -0.1) is 0 Å². The number of ether oxygens (including phenoxy) is 2. The molecule has 0 aliphatic carbocycles. The van der Waals surface area contributed by atoms with Crippen LogP contribution in [0.25, 0.3) is 0 Å². The summed E-state index contributed by atoms with van der Waals surface area (Å²) in [6.45, 7) is 1.76. The Bertz CT molecular complexity index is 565. The number of amides is 1. The molecule has 1 aromatic carbocycles. The van der Waals surface area contributed by atoms with Crippen molar-refractivity contribution in [2.45, 2.75) is 24.9 Å². The second-order valence-electron chi connectivity index (χ2n) is 5.42. The summed E-state index contributed by atoms with van der Waals surface area (Å²) in [5, 5.41) is 9.02. The first kappa shape index (κ1) is 13.9. The molecule has 0 saturated carbocycles. The molecule has 0 radical (unpaired) electrons. The molecule has 2 heterocycles. The van der Waals surface area contributed by atoms with Gasteiger partial charge in [0.05, 0.1) is 18.8 Å². The largest absolute Gasteiger partial charge is 0.478 e. The lowest BCUT2D eigenvalue weighted by Crippen LogP contribution is -2.52. The summed E-state index contributed by atoms with van der Waals surface area (Å²) in [6, 6.07) is 6.34. The van der Waals surface area contributed by atoms with Gasteiger partial charge in [-0.1, -0.05) is 6.07 Å². The van der Waals surface area contributed by atoms with Crippen molar-refractivity contribution in [2.24, 2.45) is 0 Å². The van der Waals surface area contributed by atoms with Crippen LogP contribution in [0, 0.1) is 0 Å². The number of carbonyl (C=O) groups is 2. The number of rotatable bonds is 2. The van der Waals surface area contributed by atoms with E-state index in [0.29, 0.717) is 25.4 Å². The molecule has 1 amide bonds. The van der Waals surface area contributed by atoms with Gasteiger partial charge < -0.3 is 14.6 Å². The fourth-order valence-corrected chi connectivity index (χ4v) is 2.84. The first-order valence-electron chi connectivity index (χ1n) is 7.01. The van der Waals surface area contributed by atoms with Crippen molar-refractivity contribution < 1.29 is 24.2 Å². The maximum atomic E-state index is 12.3. The first-order chi connectivity index (χ1) is 10.1. The molecule has 112 valence electrons. The minimum Gasteiger partial charge on any atom is -0.478 e. The van der Waals surface area contributed by atoms with E-state index in [1.807, 2.05) is 0 Å². The highest BCUT2D eigenvalue weighted by molar-refractivity contribution is 5.93. The molecule has 6 nitrogen and oxygen atoms in total. The Morgan fingerprint density at radius 3 is 2.67 bits per heavy atom. The van der Waals surface area contributed by atoms with E-state index in [9.17, 15) is 9.59 Å². The summed E-state index contributed by atoms with van der Waals surface area (Å²) in [4.78, 5) is 24.8. The Kier molecular flexibility index (Phi) is 3.55. The molecule has 3 rings (SSSR count). The van der Waals surface area contributed by atoms with Gasteiger partial charge in [-0.25, -0.2) is 9.59 Å². The van der Waals surface area contributed by atoms with Crippen LogP contribution < -0.4 is 4.90 Å². The molecule has 1 aromatic rings. The molecule has 0 bridgehead atoms. The number of anilines is 1. The van der Waals surface area contributed by atoms with Gasteiger partial charge in [-0.05, 0) is 18.2 Å². The van der Waals surface area contributed by atoms with Crippen LogP contribution in [0.15, 0.2) is 24.3 Å². The summed E-state index contributed by atoms with van der Waals surface area (Å²) in [6.07, 6.45) is 1.77. The van der Waals surface area contributed by atoms with Crippen LogP contribution in [-0.2, 0) is 9.47 Å². The minimum absolute atomic E-state index is 0.159. The zero-order chi connectivity index (χ0) is 14.9. The van der Waals surface area contributed by atoms with Crippen molar-refractivity contribution in [3.8, 4) is 0 Å². The quantitative estimate of drug-likeness (QED) is 0.904. The Morgan fingerprint density at radius 1 is 1.24 bits per heavy atom. The van der Waals surface area contributed by atoms with Crippen LogP contribution in [0.4, 0.5) is 10.5 Å². The molecule has 6 heteroatoms. The van der Waals surface area contributed by atoms with Crippen molar-refractivity contribution in [1.29, 1.82) is 0 Å². The van der Waals surface area contributed by atoms with E-state index in [-0.39, 0.29) is 5.56 Å². The van der Waals surface area contributed by atoms with Gasteiger partial charge in [0.1, 0.15) is 5.60 Å². The monoisotopic (exact) mass is 291 g/mol. The SMILES string of the molecule is O=C(O)c1cccc(N2CCC3(CCOCC3)OC2=O)c1. The van der Waals surface area contributed by atoms with Crippen LogP contribution in [0.3, 0.4) is 0 Å². The van der Waals surface area contributed by atoms with E-state index in [2.05, 4.69) is 0 Å². The normalized spacial score (nSPS) is 21.1. The van der Waals surface area contributed by atoms with Gasteiger partial charge in [0.25, 0.3) is 0 Å². The zero-order valence-corrected chi connectivity index (χ0v) is 11.6. The molecule has 2 aliphatic rings. The van der Waals surface area contributed by atoms with Crippen molar-refractivity contribution in [2.75, 3.05) is 24.7 Å². The van der Waals surface area contributed by atoms with Crippen LogP contribution in [0.5, 0.6) is 0 Å². The maximum absolute atomic E-state index is 12.3. The second kappa shape index (κ2) is 5.37. The predicted octanol–water partition coefficient (Wildman–Crippen LogP) is 2.28. The Morgan fingerprint density at radius 2 is 2.00 bits per heavy atom. The van der Waals surface area contributed by atoms with Crippen molar-refractivity contribution in [1.82, 2.24) is 0 Å². The summed E-state index contributed by atoms with van der Waals surface area (Å²) in [5.41, 5.74) is 0.310. The van der Waals surface area contributed by atoms with Crippen LogP contribution >= 0.6 is 0 Å². The lowest BCUT2D eigenvalue weighted by atomic mass is 9.89. The molecule has 21 heavy (non-hydrogen) atoms. The third-order valence-corrected chi connectivity index (χ3v) is 4.12. The van der Waals surface area contributed by atoms with E-state index in [4.69, 9.17) is 14.6 Å². The molecule has 1 spiro atoms. The fraction of sp³-hybridized carbons (Fsp3) is 0.467. The molecule has 1 N–H and O–H groups in total. The van der Waals surface area contributed by atoms with E-state index in [1.54, 1.807) is 12.1 Å². The number of aromatic carboxylic acids is 1. The summed E-state index contributed by atoms with van der Waals surface area (Å²) >= 11 is 0. The zero-order valence-electron chi connectivity index (χ0n) is 11.6. The average molecular weight is 291 g/mol. The number of benzene rings is 1. The molecular weight excluding hydrogens is 274 g/mol. The molecule has 0 unspecified atom stereocenters. The highest BCUT2D eigenvalue weighted by Crippen LogP contribution is 2.34. The van der Waals surface area contributed by atoms with Crippen LogP contribution in [0.1, 0.15) is 29.6 Å². The number of nitrogens with zero attached hydrogens (tertiary/aromatic N) is 1. The summed E-state index contributed by atoms with van der Waals surface area (Å²) in [7, 11) is 0. The summed E-state index contributed by atoms with van der Waals surface area (Å²) in [5.74, 6) is -1.01. The third-order valence-electron chi connectivity index (χ3n) is 4.12. The van der Waals surface area contributed by atoms with Gasteiger partial charge in [-0.2, -0.15) is 0 Å². The Balaban J connectivity index is 1.77. The average Bonchev–Trinajstić information content (AvgIpc) is 2.48. The van der Waals surface area contributed by atoms with E-state index >= 15 is 0 Å². The topological polar surface area (TPSA) is 76.1 Å². The number of carbonyl (C=O) groups excluding carboxylic acids is 1. The van der Waals surface area contributed by atoms with E-state index in [0.717, 1.165) is 19.3 Å². The molecule has 0 aromatic heterocycles. The van der Waals surface area contributed by atoms with Gasteiger partial charge in [0.15, 0.2) is 0 Å². The van der Waals surface area contributed by atoms with Crippen molar-refractivity contribution >= 4 is 17.7 Å². The standard InChI is InChI=1S/C15H17NO5/c17-13(18)11-2-1-3-12(10-11)16-7-4-15(21-14(16)19)5-8-20-9-6-15/h1-3,10H,4-9H2,(H,17,18). The lowest BCUT2D eigenvalue weighted by Gasteiger charge is -2.43. The third kappa shape index (κ3) is 2.71. The summed E-state index contributed by atoms with van der Waals surface area (Å²) < 4.78 is 11.0. The van der Waals surface area contributed by atoms with Crippen LogP contribution in [-0.4, -0.2) is 42.5 Å². The molecular formula is C15H17NO5. The highest BCUT2D eigenvalue weighted by Gasteiger charge is 2.42. The Labute approximate surface area is 122 Å². The lowest BCUT2D eigenvalue weighted by molar-refractivity contribution is -0.0805. The number of carboxylic acids is 1. The van der Waals surface area contributed by atoms with Gasteiger partial charge in [-0.3, -0.25) is 4.90 Å². The predicted molar refractivity (Wildman–Crippen MR) is 74.6 cm³/mol. The second-order valence-corrected chi connectivity index (χ2v) is 5.42. The molecule has 2 fully saturated rings. The van der Waals surface area contributed by atoms with E-state index in [1.165, 1.54) is 17.0 Å². The van der Waals surface area contributed by atoms with Crippen LogP contribution in [0.2, 0.25) is 0 Å². The minimum atomic E-state index is -1.01. The maximum Gasteiger partial charge on any atom is 0.414 e. The van der Waals surface area contributed by atoms with Gasteiger partial charge in [0.2, 0.25) is 0 Å². The molecule has 2 saturated heterocycles. The first-order valence-corrected chi connectivity index (χ1v) is 7.01. The number of hydrogen-bond donors (Lipinski definition) is 1. The molecule has 0 atom stereocenters. The number of carboxylic acid groups (broad SMARTS) is 1. The molecule has 2 aliphatic heterocycles. The fourth-order valence-electron chi connectivity index (χ4n) is 2.84. The highest BCUT2D eigenvalue weighted by atomic mass is 16.6. The smallest absolute Gasteiger partial charge is 0.414 e.